The highest BCUT2D eigenvalue weighted by atomic mass is 32.2. The van der Waals surface area contributed by atoms with Gasteiger partial charge in [0, 0.05) is 17.8 Å². The molecule has 1 aromatic carbocycles. The van der Waals surface area contributed by atoms with Gasteiger partial charge in [-0.05, 0) is 52.6 Å². The van der Waals surface area contributed by atoms with Gasteiger partial charge in [0.2, 0.25) is 10.0 Å². The van der Waals surface area contributed by atoms with Crippen LogP contribution >= 0.6 is 0 Å². The molecule has 1 aromatic rings. The fourth-order valence-corrected chi connectivity index (χ4v) is 2.85. The first-order valence-electron chi connectivity index (χ1n) is 6.20. The monoisotopic (exact) mass is 303 g/mol. The van der Waals surface area contributed by atoms with E-state index in [1.165, 1.54) is 13.0 Å². The maximum Gasteiger partial charge on any atom is 0.243 e. The van der Waals surface area contributed by atoms with Gasteiger partial charge in [-0.2, -0.15) is 0 Å². The summed E-state index contributed by atoms with van der Waals surface area (Å²) in [7, 11) is -0.241. The molecule has 5 nitrogen and oxygen atoms in total. The number of nitrogen functional groups attached to an aromatic ring is 1. The minimum absolute atomic E-state index is 0.162. The molecule has 1 rings (SSSR count). The predicted molar refractivity (Wildman–Crippen MR) is 78.5 cm³/mol. The molecule has 0 aliphatic rings. The Hall–Kier alpha value is -1.18. The Kier molecular flexibility index (Phi) is 4.78. The van der Waals surface area contributed by atoms with E-state index < -0.39 is 20.7 Å². The van der Waals surface area contributed by atoms with E-state index >= 15 is 0 Å². The summed E-state index contributed by atoms with van der Waals surface area (Å²) in [5, 5.41) is 0. The van der Waals surface area contributed by atoms with Crippen LogP contribution in [0.4, 0.5) is 10.1 Å². The van der Waals surface area contributed by atoms with Gasteiger partial charge in [0.25, 0.3) is 0 Å². The smallest absolute Gasteiger partial charge is 0.243 e. The van der Waals surface area contributed by atoms with Crippen molar-refractivity contribution in [3.05, 3.63) is 23.5 Å². The lowest BCUT2D eigenvalue weighted by atomic mass is 10.1. The maximum atomic E-state index is 14.0. The van der Waals surface area contributed by atoms with Crippen LogP contribution in [0.5, 0.6) is 0 Å². The van der Waals surface area contributed by atoms with Gasteiger partial charge < -0.3 is 10.6 Å². The summed E-state index contributed by atoms with van der Waals surface area (Å²) in [6.07, 6.45) is 0. The molecule has 114 valence electrons. The largest absolute Gasteiger partial charge is 0.399 e. The van der Waals surface area contributed by atoms with Gasteiger partial charge in [-0.1, -0.05) is 0 Å². The number of benzene rings is 1. The van der Waals surface area contributed by atoms with E-state index in [1.54, 1.807) is 0 Å². The lowest BCUT2D eigenvalue weighted by Gasteiger charge is -2.32. The summed E-state index contributed by atoms with van der Waals surface area (Å²) in [6.45, 7) is 5.41. The van der Waals surface area contributed by atoms with Crippen LogP contribution in [0.2, 0.25) is 0 Å². The van der Waals surface area contributed by atoms with E-state index in [0.717, 1.165) is 6.07 Å². The Morgan fingerprint density at radius 2 is 1.90 bits per heavy atom. The summed E-state index contributed by atoms with van der Waals surface area (Å²) in [5.74, 6) is -0.769. The Labute approximate surface area is 120 Å². The first kappa shape index (κ1) is 16.9. The van der Waals surface area contributed by atoms with Crippen molar-refractivity contribution in [3.8, 4) is 0 Å². The molecule has 0 spiro atoms. The number of nitrogens with two attached hydrogens (primary N) is 1. The number of halogens is 1. The van der Waals surface area contributed by atoms with Crippen LogP contribution in [0.1, 0.15) is 19.4 Å². The first-order chi connectivity index (χ1) is 8.97. The molecule has 0 bridgehead atoms. The van der Waals surface area contributed by atoms with E-state index in [9.17, 15) is 12.8 Å². The minimum atomic E-state index is -3.93. The third-order valence-electron chi connectivity index (χ3n) is 3.44. The average Bonchev–Trinajstić information content (AvgIpc) is 2.31. The van der Waals surface area contributed by atoms with Gasteiger partial charge >= 0.3 is 0 Å². The first-order valence-corrected chi connectivity index (χ1v) is 7.68. The molecule has 0 saturated heterocycles. The van der Waals surface area contributed by atoms with Crippen LogP contribution in [0.25, 0.3) is 0 Å². The summed E-state index contributed by atoms with van der Waals surface area (Å²) in [4.78, 5) is 1.47. The highest BCUT2D eigenvalue weighted by molar-refractivity contribution is 7.89. The van der Waals surface area contributed by atoms with E-state index in [0.29, 0.717) is 0 Å². The Morgan fingerprint density at radius 1 is 1.35 bits per heavy atom. The molecule has 0 heterocycles. The fourth-order valence-electron chi connectivity index (χ4n) is 1.47. The topological polar surface area (TPSA) is 75.4 Å². The number of hydrogen-bond donors (Lipinski definition) is 2. The molecule has 0 amide bonds. The molecule has 7 heteroatoms. The number of nitrogens with one attached hydrogen (secondary N) is 1. The number of likely N-dealkylation sites (N-methyl/N-ethyl adjacent to an activating group) is 1. The summed E-state index contributed by atoms with van der Waals surface area (Å²) in [5.41, 5.74) is 5.62. The molecule has 3 N–H and O–H groups in total. The summed E-state index contributed by atoms with van der Waals surface area (Å²) in [6, 6.07) is 2.53. The number of rotatable bonds is 5. The lowest BCUT2D eigenvalue weighted by Crippen LogP contribution is -2.48. The summed E-state index contributed by atoms with van der Waals surface area (Å²) < 4.78 is 40.8. The van der Waals surface area contributed by atoms with Gasteiger partial charge in [-0.25, -0.2) is 17.5 Å². The van der Waals surface area contributed by atoms with Crippen molar-refractivity contribution in [2.75, 3.05) is 26.4 Å². The molecular formula is C13H22FN3O2S. The van der Waals surface area contributed by atoms with Gasteiger partial charge in [0.15, 0.2) is 0 Å². The second kappa shape index (κ2) is 5.67. The van der Waals surface area contributed by atoms with Crippen molar-refractivity contribution >= 4 is 15.7 Å². The third kappa shape index (κ3) is 3.68. The SMILES string of the molecule is Cc1cc(N)cc(S(=O)(=O)NCC(C)(C)N(C)C)c1F. The molecule has 0 radical (unpaired) electrons. The van der Waals surface area contributed by atoms with Crippen molar-refractivity contribution in [2.45, 2.75) is 31.2 Å². The second-order valence-electron chi connectivity index (χ2n) is 5.68. The second-order valence-corrected chi connectivity index (χ2v) is 7.42. The number of hydrogen-bond acceptors (Lipinski definition) is 4. The third-order valence-corrected chi connectivity index (χ3v) is 4.84. The van der Waals surface area contributed by atoms with Gasteiger partial charge in [-0.15, -0.1) is 0 Å². The molecule has 0 aliphatic heterocycles. The Bertz CT molecular complexity index is 598. The highest BCUT2D eigenvalue weighted by Crippen LogP contribution is 2.22. The molecule has 0 aromatic heterocycles. The van der Waals surface area contributed by atoms with E-state index in [1.807, 2.05) is 32.8 Å². The number of sulfonamides is 1. The molecule has 0 unspecified atom stereocenters. The van der Waals surface area contributed by atoms with Crippen LogP contribution in [-0.4, -0.2) is 39.5 Å². The normalized spacial score (nSPS) is 12.9. The van der Waals surface area contributed by atoms with Crippen LogP contribution in [0.15, 0.2) is 17.0 Å². The quantitative estimate of drug-likeness (QED) is 0.805. The minimum Gasteiger partial charge on any atom is -0.399 e. The van der Waals surface area contributed by atoms with Gasteiger partial charge in [-0.3, -0.25) is 0 Å². The van der Waals surface area contributed by atoms with Crippen molar-refractivity contribution in [1.29, 1.82) is 0 Å². The summed E-state index contributed by atoms with van der Waals surface area (Å²) >= 11 is 0. The van der Waals surface area contributed by atoms with E-state index in [2.05, 4.69) is 4.72 Å². The molecule has 0 atom stereocenters. The van der Waals surface area contributed by atoms with Gasteiger partial charge in [0.05, 0.1) is 0 Å². The van der Waals surface area contributed by atoms with Crippen LogP contribution < -0.4 is 10.5 Å². The van der Waals surface area contributed by atoms with Crippen molar-refractivity contribution < 1.29 is 12.8 Å². The molecule has 0 aliphatic carbocycles. The molecular weight excluding hydrogens is 281 g/mol. The number of aryl methyl sites for hydroxylation is 1. The molecule has 0 fully saturated rings. The van der Waals surface area contributed by atoms with Gasteiger partial charge in [0.1, 0.15) is 10.7 Å². The zero-order chi connectivity index (χ0) is 15.7. The van der Waals surface area contributed by atoms with Crippen molar-refractivity contribution in [1.82, 2.24) is 9.62 Å². The number of nitrogens with zero attached hydrogens (tertiary/aromatic N) is 1. The predicted octanol–water partition coefficient (Wildman–Crippen LogP) is 1.33. The van der Waals surface area contributed by atoms with Crippen molar-refractivity contribution in [3.63, 3.8) is 0 Å². The highest BCUT2D eigenvalue weighted by Gasteiger charge is 2.26. The van der Waals surface area contributed by atoms with Crippen molar-refractivity contribution in [2.24, 2.45) is 0 Å². The fraction of sp³-hybridized carbons (Fsp3) is 0.538. The van der Waals surface area contributed by atoms with Crippen LogP contribution in [-0.2, 0) is 10.0 Å². The van der Waals surface area contributed by atoms with E-state index in [4.69, 9.17) is 5.73 Å². The average molecular weight is 303 g/mol. The standard InChI is InChI=1S/C13H22FN3O2S/c1-9-6-10(15)7-11(12(9)14)20(18,19)16-8-13(2,3)17(4)5/h6-7,16H,8,15H2,1-5H3. The Morgan fingerprint density at radius 3 is 2.40 bits per heavy atom. The zero-order valence-corrected chi connectivity index (χ0v) is 13.3. The lowest BCUT2D eigenvalue weighted by molar-refractivity contribution is 0.199. The number of anilines is 1. The zero-order valence-electron chi connectivity index (χ0n) is 12.5. The molecule has 20 heavy (non-hydrogen) atoms. The Balaban J connectivity index is 3.07. The van der Waals surface area contributed by atoms with Crippen LogP contribution in [0.3, 0.4) is 0 Å². The van der Waals surface area contributed by atoms with Crippen LogP contribution in [0, 0.1) is 12.7 Å². The molecule has 0 saturated carbocycles. The van der Waals surface area contributed by atoms with E-state index in [-0.39, 0.29) is 23.3 Å². The maximum absolute atomic E-state index is 14.0.